The Bertz CT molecular complexity index is 989. The van der Waals surface area contributed by atoms with Gasteiger partial charge < -0.3 is 15.7 Å². The van der Waals surface area contributed by atoms with Crippen molar-refractivity contribution in [3.8, 4) is 5.69 Å². The van der Waals surface area contributed by atoms with E-state index in [1.165, 1.54) is 5.56 Å². The monoisotopic (exact) mass is 423 g/mol. The van der Waals surface area contributed by atoms with Crippen molar-refractivity contribution in [2.24, 2.45) is 12.0 Å². The summed E-state index contributed by atoms with van der Waals surface area (Å²) in [4.78, 5) is 4.57. The molecule has 2 heterocycles. The Balaban J connectivity index is 1.53. The molecule has 8 nitrogen and oxygen atoms in total. The number of nitrogens with zero attached hydrogens (tertiary/aromatic N) is 5. The van der Waals surface area contributed by atoms with E-state index in [1.807, 2.05) is 50.0 Å². The van der Waals surface area contributed by atoms with Crippen molar-refractivity contribution in [2.45, 2.75) is 39.2 Å². The molecular weight excluding hydrogens is 390 g/mol. The van der Waals surface area contributed by atoms with Gasteiger partial charge in [0.2, 0.25) is 0 Å². The summed E-state index contributed by atoms with van der Waals surface area (Å²) in [7, 11) is 1.83. The number of benzene rings is 1. The lowest BCUT2D eigenvalue weighted by Crippen LogP contribution is -2.39. The van der Waals surface area contributed by atoms with Gasteiger partial charge in [-0.15, -0.1) is 0 Å². The van der Waals surface area contributed by atoms with Crippen LogP contribution < -0.4 is 10.6 Å². The number of aromatic nitrogens is 4. The van der Waals surface area contributed by atoms with Crippen LogP contribution in [0.2, 0.25) is 0 Å². The molecule has 1 unspecified atom stereocenters. The number of para-hydroxylation sites is 1. The number of aliphatic hydroxyl groups is 1. The molecule has 1 atom stereocenters. The van der Waals surface area contributed by atoms with Gasteiger partial charge in [0.25, 0.3) is 0 Å². The maximum atomic E-state index is 10.7. The summed E-state index contributed by atoms with van der Waals surface area (Å²) in [5, 5.41) is 26.1. The Morgan fingerprint density at radius 3 is 2.65 bits per heavy atom. The highest BCUT2D eigenvalue weighted by atomic mass is 16.3. The Hall–Kier alpha value is -3.13. The highest BCUT2D eigenvalue weighted by molar-refractivity contribution is 5.79. The van der Waals surface area contributed by atoms with Crippen LogP contribution in [-0.4, -0.2) is 50.3 Å². The van der Waals surface area contributed by atoms with Crippen LogP contribution >= 0.6 is 0 Å². The minimum Gasteiger partial charge on any atom is -0.383 e. The second kappa shape index (κ2) is 10.3. The number of aliphatic imine (C=N–C) groups is 1. The van der Waals surface area contributed by atoms with E-state index < -0.39 is 5.60 Å². The van der Waals surface area contributed by atoms with Crippen molar-refractivity contribution >= 4 is 5.96 Å². The third kappa shape index (κ3) is 6.18. The van der Waals surface area contributed by atoms with Gasteiger partial charge in [-0.3, -0.25) is 4.68 Å². The van der Waals surface area contributed by atoms with E-state index in [0.29, 0.717) is 5.96 Å². The first-order valence-corrected chi connectivity index (χ1v) is 10.7. The van der Waals surface area contributed by atoms with Crippen molar-refractivity contribution in [1.82, 2.24) is 30.2 Å². The predicted molar refractivity (Wildman–Crippen MR) is 123 cm³/mol. The third-order valence-electron chi connectivity index (χ3n) is 5.15. The first-order chi connectivity index (χ1) is 14.9. The summed E-state index contributed by atoms with van der Waals surface area (Å²) < 4.78 is 3.61. The van der Waals surface area contributed by atoms with Crippen LogP contribution in [-0.2, 0) is 19.1 Å². The summed E-state index contributed by atoms with van der Waals surface area (Å²) in [6.45, 7) is 7.61. The summed E-state index contributed by atoms with van der Waals surface area (Å²) in [5.74, 6) is 0.698. The van der Waals surface area contributed by atoms with E-state index in [9.17, 15) is 5.11 Å². The van der Waals surface area contributed by atoms with E-state index in [1.54, 1.807) is 17.8 Å². The second-order valence-corrected chi connectivity index (χ2v) is 7.92. The molecular formula is C23H33N7O. The predicted octanol–water partition coefficient (Wildman–Crippen LogP) is 2.31. The molecule has 0 saturated carbocycles. The third-order valence-corrected chi connectivity index (χ3v) is 5.15. The van der Waals surface area contributed by atoms with E-state index in [4.69, 9.17) is 0 Å². The molecule has 0 fully saturated rings. The van der Waals surface area contributed by atoms with Gasteiger partial charge in [-0.05, 0) is 51.3 Å². The van der Waals surface area contributed by atoms with Crippen LogP contribution in [0.5, 0.6) is 0 Å². The summed E-state index contributed by atoms with van der Waals surface area (Å²) in [6, 6.07) is 10.1. The molecule has 0 spiro atoms. The topological polar surface area (TPSA) is 92.3 Å². The van der Waals surface area contributed by atoms with Crippen LogP contribution in [0.4, 0.5) is 0 Å². The highest BCUT2D eigenvalue weighted by Gasteiger charge is 2.24. The number of hydrogen-bond donors (Lipinski definition) is 3. The zero-order chi connectivity index (χ0) is 22.3. The van der Waals surface area contributed by atoms with Crippen molar-refractivity contribution < 1.29 is 5.11 Å². The molecule has 166 valence electrons. The number of rotatable bonds is 9. The van der Waals surface area contributed by atoms with Gasteiger partial charge in [0.1, 0.15) is 5.60 Å². The Labute approximate surface area is 184 Å². The first-order valence-electron chi connectivity index (χ1n) is 10.7. The lowest BCUT2D eigenvalue weighted by Gasteiger charge is -2.20. The molecule has 3 rings (SSSR count). The maximum Gasteiger partial charge on any atom is 0.191 e. The average molecular weight is 424 g/mol. The zero-order valence-electron chi connectivity index (χ0n) is 18.8. The largest absolute Gasteiger partial charge is 0.383 e. The van der Waals surface area contributed by atoms with Gasteiger partial charge in [-0.2, -0.15) is 10.2 Å². The summed E-state index contributed by atoms with van der Waals surface area (Å²) in [5.41, 5.74) is 3.04. The molecule has 3 N–H and O–H groups in total. The lowest BCUT2D eigenvalue weighted by molar-refractivity contribution is 0.0672. The van der Waals surface area contributed by atoms with E-state index >= 15 is 0 Å². The number of hydrogen-bond acceptors (Lipinski definition) is 4. The fraction of sp³-hybridized carbons (Fsp3) is 0.435. The van der Waals surface area contributed by atoms with Crippen LogP contribution in [0.25, 0.3) is 5.69 Å². The minimum atomic E-state index is -1.07. The van der Waals surface area contributed by atoms with Gasteiger partial charge in [-0.25, -0.2) is 9.67 Å². The zero-order valence-corrected chi connectivity index (χ0v) is 18.8. The molecule has 0 radical (unpaired) electrons. The smallest absolute Gasteiger partial charge is 0.191 e. The van der Waals surface area contributed by atoms with Crippen LogP contribution in [0, 0.1) is 6.92 Å². The van der Waals surface area contributed by atoms with Crippen LogP contribution in [0.15, 0.2) is 53.9 Å². The molecule has 2 aromatic heterocycles. The van der Waals surface area contributed by atoms with Crippen molar-refractivity contribution in [2.75, 3.05) is 19.6 Å². The molecule has 0 saturated heterocycles. The minimum absolute atomic E-state index is 0.247. The fourth-order valence-electron chi connectivity index (χ4n) is 3.31. The molecule has 0 bridgehead atoms. The molecule has 31 heavy (non-hydrogen) atoms. The lowest BCUT2D eigenvalue weighted by atomic mass is 10.0. The maximum absolute atomic E-state index is 10.7. The average Bonchev–Trinajstić information content (AvgIpc) is 3.36. The fourth-order valence-corrected chi connectivity index (χ4v) is 3.31. The van der Waals surface area contributed by atoms with Crippen molar-refractivity contribution in [3.63, 3.8) is 0 Å². The number of nitrogens with one attached hydrogen (secondary N) is 2. The molecule has 3 aromatic rings. The van der Waals surface area contributed by atoms with Gasteiger partial charge in [-0.1, -0.05) is 18.2 Å². The standard InChI is InChI=1S/C23H33N7O/c1-5-24-22(26-17-23(3,31)20-14-27-29(4)16-20)25-13-9-10-19-15-30(28-18(19)2)21-11-7-6-8-12-21/h6-8,11-12,14-16,31H,5,9-10,13,17H2,1-4H3,(H2,24,25,26). The normalized spacial score (nSPS) is 13.8. The molecule has 0 aliphatic carbocycles. The molecule has 0 aliphatic heterocycles. The summed E-state index contributed by atoms with van der Waals surface area (Å²) in [6.07, 6.45) is 7.47. The quantitative estimate of drug-likeness (QED) is 0.279. The van der Waals surface area contributed by atoms with Crippen molar-refractivity contribution in [3.05, 3.63) is 65.7 Å². The van der Waals surface area contributed by atoms with E-state index in [2.05, 4.69) is 44.2 Å². The van der Waals surface area contributed by atoms with E-state index in [-0.39, 0.29) is 6.54 Å². The molecule has 0 aliphatic rings. The van der Waals surface area contributed by atoms with Crippen LogP contribution in [0.1, 0.15) is 37.1 Å². The van der Waals surface area contributed by atoms with Crippen molar-refractivity contribution in [1.29, 1.82) is 0 Å². The highest BCUT2D eigenvalue weighted by Crippen LogP contribution is 2.19. The second-order valence-electron chi connectivity index (χ2n) is 7.92. The summed E-state index contributed by atoms with van der Waals surface area (Å²) >= 11 is 0. The SMILES string of the molecule is CCNC(=NCC(C)(O)c1cnn(C)c1)NCCCc1cn(-c2ccccc2)nc1C. The number of aryl methyl sites for hydroxylation is 3. The first kappa shape index (κ1) is 22.6. The van der Waals surface area contributed by atoms with Gasteiger partial charge in [0.15, 0.2) is 5.96 Å². The Kier molecular flexibility index (Phi) is 7.46. The van der Waals surface area contributed by atoms with E-state index in [0.717, 1.165) is 42.9 Å². The van der Waals surface area contributed by atoms with Gasteiger partial charge in [0.05, 0.1) is 24.1 Å². The Morgan fingerprint density at radius 2 is 1.97 bits per heavy atom. The molecule has 8 heteroatoms. The number of guanidine groups is 1. The van der Waals surface area contributed by atoms with Gasteiger partial charge >= 0.3 is 0 Å². The Morgan fingerprint density at radius 1 is 1.19 bits per heavy atom. The van der Waals surface area contributed by atoms with Crippen LogP contribution in [0.3, 0.4) is 0 Å². The molecule has 1 aromatic carbocycles. The van der Waals surface area contributed by atoms with Gasteiger partial charge in [0, 0.05) is 38.1 Å². The molecule has 0 amide bonds.